The van der Waals surface area contributed by atoms with Crippen molar-refractivity contribution in [2.75, 3.05) is 6.07 Å². The number of carbonyl (C=O) groups excluding carboxylic acids is 1. The van der Waals surface area contributed by atoms with Gasteiger partial charge < -0.3 is 4.74 Å². The summed E-state index contributed by atoms with van der Waals surface area (Å²) in [6.07, 6.45) is 0.324. The topological polar surface area (TPSA) is 26.3 Å². The van der Waals surface area contributed by atoms with Gasteiger partial charge in [-0.1, -0.05) is 17.7 Å². The lowest BCUT2D eigenvalue weighted by Gasteiger charge is -1.96. The summed E-state index contributed by atoms with van der Waals surface area (Å²) in [7, 11) is 0. The summed E-state index contributed by atoms with van der Waals surface area (Å²) in [5.74, 6) is -0.276. The highest BCUT2D eigenvalue weighted by molar-refractivity contribution is 7.10. The molecule has 0 bridgehead atoms. The fourth-order valence-corrected chi connectivity index (χ4v) is 1.48. The number of hydrogen-bond donors (Lipinski definition) is 0. The molecule has 0 saturated carbocycles. The van der Waals surface area contributed by atoms with E-state index >= 15 is 0 Å². The van der Waals surface area contributed by atoms with Gasteiger partial charge >= 0.3 is 5.97 Å². The molecule has 1 aromatic heterocycles. The molecule has 0 atom stereocenters. The number of carbonyl (C=O) groups is 1. The first-order valence-electron chi connectivity index (χ1n) is 3.07. The average Bonchev–Trinajstić information content (AvgIpc) is 2.40. The molecule has 0 fully saturated rings. The summed E-state index contributed by atoms with van der Waals surface area (Å²) < 4.78 is 4.55. The summed E-state index contributed by atoms with van der Waals surface area (Å²) >= 11 is 6.73. The van der Waals surface area contributed by atoms with Crippen molar-refractivity contribution in [2.45, 2.75) is 6.42 Å². The van der Waals surface area contributed by atoms with Gasteiger partial charge in [0.15, 0.2) is 6.07 Å². The summed E-state index contributed by atoms with van der Waals surface area (Å²) in [6, 6.07) is 3.72. The monoisotopic (exact) mass is 190 g/mol. The highest BCUT2D eigenvalue weighted by atomic mass is 35.5. The minimum absolute atomic E-state index is 0.0653. The SMILES string of the molecule is O=C(Cc1cccs1)OCCl. The predicted molar refractivity (Wildman–Crippen MR) is 44.8 cm³/mol. The van der Waals surface area contributed by atoms with E-state index in [2.05, 4.69) is 4.74 Å². The lowest BCUT2D eigenvalue weighted by Crippen LogP contribution is -2.05. The Bertz CT molecular complexity index is 220. The molecule has 0 aliphatic heterocycles. The molecule has 0 aliphatic carbocycles. The van der Waals surface area contributed by atoms with Crippen molar-refractivity contribution in [3.63, 3.8) is 0 Å². The van der Waals surface area contributed by atoms with E-state index in [4.69, 9.17) is 11.6 Å². The quantitative estimate of drug-likeness (QED) is 0.539. The summed E-state index contributed by atoms with van der Waals surface area (Å²) in [5.41, 5.74) is 0. The largest absolute Gasteiger partial charge is 0.449 e. The van der Waals surface area contributed by atoms with Crippen LogP contribution in [-0.2, 0) is 16.0 Å². The van der Waals surface area contributed by atoms with Gasteiger partial charge in [-0.15, -0.1) is 11.3 Å². The van der Waals surface area contributed by atoms with Gasteiger partial charge in [-0.3, -0.25) is 4.79 Å². The molecule has 0 spiro atoms. The number of rotatable bonds is 3. The number of ether oxygens (including phenoxy) is 1. The van der Waals surface area contributed by atoms with Crippen molar-refractivity contribution < 1.29 is 9.53 Å². The molecular formula is C7H7ClO2S. The van der Waals surface area contributed by atoms with Gasteiger partial charge in [0.05, 0.1) is 6.42 Å². The van der Waals surface area contributed by atoms with Gasteiger partial charge in [-0.05, 0) is 11.4 Å². The van der Waals surface area contributed by atoms with Crippen molar-refractivity contribution in [1.82, 2.24) is 0 Å². The third kappa shape index (κ3) is 2.91. The van der Waals surface area contributed by atoms with E-state index in [1.165, 1.54) is 11.3 Å². The van der Waals surface area contributed by atoms with Crippen LogP contribution in [0.5, 0.6) is 0 Å². The zero-order valence-electron chi connectivity index (χ0n) is 5.75. The molecule has 0 amide bonds. The number of thiophene rings is 1. The van der Waals surface area contributed by atoms with E-state index in [9.17, 15) is 4.79 Å². The van der Waals surface area contributed by atoms with Gasteiger partial charge in [0.25, 0.3) is 0 Å². The molecule has 0 aromatic carbocycles. The lowest BCUT2D eigenvalue weighted by molar-refractivity contribution is -0.140. The highest BCUT2D eigenvalue weighted by Crippen LogP contribution is 2.09. The van der Waals surface area contributed by atoms with Crippen molar-refractivity contribution in [3.05, 3.63) is 22.4 Å². The van der Waals surface area contributed by atoms with Crippen LogP contribution in [0.2, 0.25) is 0 Å². The Balaban J connectivity index is 2.37. The zero-order valence-corrected chi connectivity index (χ0v) is 7.32. The third-order valence-corrected chi connectivity index (χ3v) is 2.10. The minimum Gasteiger partial charge on any atom is -0.449 e. The number of hydrogen-bond acceptors (Lipinski definition) is 3. The minimum atomic E-state index is -0.276. The normalized spacial score (nSPS) is 9.55. The molecule has 1 rings (SSSR count). The molecule has 4 heteroatoms. The van der Waals surface area contributed by atoms with E-state index in [-0.39, 0.29) is 12.0 Å². The Morgan fingerprint density at radius 2 is 2.55 bits per heavy atom. The van der Waals surface area contributed by atoms with Crippen LogP contribution in [0.15, 0.2) is 17.5 Å². The van der Waals surface area contributed by atoms with Crippen LogP contribution >= 0.6 is 22.9 Å². The molecule has 0 unspecified atom stereocenters. The molecule has 1 aromatic rings. The maximum absolute atomic E-state index is 10.8. The van der Waals surface area contributed by atoms with E-state index in [1.807, 2.05) is 17.5 Å². The van der Waals surface area contributed by atoms with E-state index in [0.29, 0.717) is 6.42 Å². The molecule has 1 heterocycles. The van der Waals surface area contributed by atoms with E-state index in [1.54, 1.807) is 0 Å². The smallest absolute Gasteiger partial charge is 0.312 e. The van der Waals surface area contributed by atoms with Crippen molar-refractivity contribution >= 4 is 28.9 Å². The van der Waals surface area contributed by atoms with E-state index < -0.39 is 0 Å². The lowest BCUT2D eigenvalue weighted by atomic mass is 10.3. The van der Waals surface area contributed by atoms with Gasteiger partial charge in [-0.25, -0.2) is 0 Å². The third-order valence-electron chi connectivity index (χ3n) is 1.11. The maximum Gasteiger partial charge on any atom is 0.312 e. The fourth-order valence-electron chi connectivity index (χ4n) is 0.667. The van der Waals surface area contributed by atoms with Crippen LogP contribution in [0.25, 0.3) is 0 Å². The second-order valence-electron chi connectivity index (χ2n) is 1.88. The van der Waals surface area contributed by atoms with E-state index in [0.717, 1.165) is 4.88 Å². The molecule has 0 saturated heterocycles. The molecule has 60 valence electrons. The Morgan fingerprint density at radius 1 is 1.73 bits per heavy atom. The Hall–Kier alpha value is -0.540. The average molecular weight is 191 g/mol. The van der Waals surface area contributed by atoms with Gasteiger partial charge in [0, 0.05) is 4.88 Å². The zero-order chi connectivity index (χ0) is 8.10. The fraction of sp³-hybridized carbons (Fsp3) is 0.286. The van der Waals surface area contributed by atoms with Crippen molar-refractivity contribution in [2.24, 2.45) is 0 Å². The first-order valence-corrected chi connectivity index (χ1v) is 4.48. The summed E-state index contributed by atoms with van der Waals surface area (Å²) in [6.45, 7) is 0. The number of alkyl halides is 1. The first-order chi connectivity index (χ1) is 5.33. The van der Waals surface area contributed by atoms with Crippen LogP contribution < -0.4 is 0 Å². The van der Waals surface area contributed by atoms with Crippen LogP contribution in [-0.4, -0.2) is 12.0 Å². The van der Waals surface area contributed by atoms with Crippen LogP contribution in [0.1, 0.15) is 4.88 Å². The van der Waals surface area contributed by atoms with Crippen LogP contribution in [0.4, 0.5) is 0 Å². The molecule has 0 aliphatic rings. The van der Waals surface area contributed by atoms with Crippen LogP contribution in [0.3, 0.4) is 0 Å². The molecule has 0 radical (unpaired) electrons. The standard InChI is InChI=1S/C7H7ClO2S/c8-5-10-7(9)4-6-2-1-3-11-6/h1-3H,4-5H2. The van der Waals surface area contributed by atoms with Gasteiger partial charge in [0.1, 0.15) is 0 Å². The molecule has 11 heavy (non-hydrogen) atoms. The highest BCUT2D eigenvalue weighted by Gasteiger charge is 2.03. The summed E-state index contributed by atoms with van der Waals surface area (Å²) in [4.78, 5) is 11.8. The number of esters is 1. The Kier molecular flexibility index (Phi) is 3.39. The second kappa shape index (κ2) is 4.36. The second-order valence-corrected chi connectivity index (χ2v) is 3.13. The van der Waals surface area contributed by atoms with Crippen LogP contribution in [0, 0.1) is 0 Å². The first kappa shape index (κ1) is 8.56. The van der Waals surface area contributed by atoms with Gasteiger partial charge in [-0.2, -0.15) is 0 Å². The summed E-state index contributed by atoms with van der Waals surface area (Å²) in [5, 5.41) is 1.92. The molecular weight excluding hydrogens is 184 g/mol. The number of halogens is 1. The van der Waals surface area contributed by atoms with Crippen molar-refractivity contribution in [3.8, 4) is 0 Å². The maximum atomic E-state index is 10.8. The van der Waals surface area contributed by atoms with Crippen molar-refractivity contribution in [1.29, 1.82) is 0 Å². The Labute approximate surface area is 73.7 Å². The molecule has 0 N–H and O–H groups in total. The molecule has 2 nitrogen and oxygen atoms in total. The predicted octanol–water partition coefficient (Wildman–Crippen LogP) is 2.03. The Morgan fingerprint density at radius 3 is 3.09 bits per heavy atom. The van der Waals surface area contributed by atoms with Gasteiger partial charge in [0.2, 0.25) is 0 Å².